The topological polar surface area (TPSA) is 33.3 Å². The normalized spacial score (nSPS) is 16.1. The highest BCUT2D eigenvalue weighted by Gasteiger charge is 2.14. The molecule has 17 heavy (non-hydrogen) atoms. The van der Waals surface area contributed by atoms with Crippen LogP contribution < -0.4 is 15.4 Å². The Hall–Kier alpha value is -1.06. The zero-order valence-electron chi connectivity index (χ0n) is 10.8. The summed E-state index contributed by atoms with van der Waals surface area (Å²) in [5, 5.41) is 6.58. The van der Waals surface area contributed by atoms with Gasteiger partial charge in [0.05, 0.1) is 6.61 Å². The smallest absolute Gasteiger partial charge is 0.122 e. The highest BCUT2D eigenvalue weighted by molar-refractivity contribution is 5.39. The summed E-state index contributed by atoms with van der Waals surface area (Å²) in [4.78, 5) is 0. The van der Waals surface area contributed by atoms with Gasteiger partial charge in [0, 0.05) is 6.04 Å². The van der Waals surface area contributed by atoms with Crippen LogP contribution in [0.3, 0.4) is 0 Å². The Kier molecular flexibility index (Phi) is 4.40. The van der Waals surface area contributed by atoms with Crippen LogP contribution in [0.15, 0.2) is 18.2 Å². The van der Waals surface area contributed by atoms with Gasteiger partial charge in [-0.25, -0.2) is 0 Å². The molecule has 0 saturated heterocycles. The van der Waals surface area contributed by atoms with Gasteiger partial charge in [-0.05, 0) is 57.1 Å². The Morgan fingerprint density at radius 1 is 1.35 bits per heavy atom. The second kappa shape index (κ2) is 6.03. The lowest BCUT2D eigenvalue weighted by Crippen LogP contribution is -2.22. The van der Waals surface area contributed by atoms with Crippen molar-refractivity contribution in [2.75, 3.05) is 27.2 Å². The maximum atomic E-state index is 5.64. The van der Waals surface area contributed by atoms with E-state index in [0.29, 0.717) is 6.04 Å². The minimum absolute atomic E-state index is 0.426. The highest BCUT2D eigenvalue weighted by atomic mass is 16.5. The first kappa shape index (κ1) is 12.4. The molecule has 1 atom stereocenters. The van der Waals surface area contributed by atoms with Crippen LogP contribution in [-0.4, -0.2) is 27.2 Å². The molecule has 3 nitrogen and oxygen atoms in total. The van der Waals surface area contributed by atoms with Crippen LogP contribution in [0.5, 0.6) is 5.75 Å². The molecule has 0 amide bonds. The fourth-order valence-electron chi connectivity index (χ4n) is 2.36. The third-order valence-electron chi connectivity index (χ3n) is 3.37. The summed E-state index contributed by atoms with van der Waals surface area (Å²) in [5.74, 6) is 1.07. The second-order valence-electron chi connectivity index (χ2n) is 4.55. The van der Waals surface area contributed by atoms with Gasteiger partial charge in [-0.1, -0.05) is 12.1 Å². The molecule has 0 bridgehead atoms. The van der Waals surface area contributed by atoms with Crippen LogP contribution in [-0.2, 0) is 6.42 Å². The van der Waals surface area contributed by atoms with E-state index >= 15 is 0 Å². The van der Waals surface area contributed by atoms with Crippen molar-refractivity contribution in [3.63, 3.8) is 0 Å². The fraction of sp³-hybridized carbons (Fsp3) is 0.571. The van der Waals surface area contributed by atoms with Gasteiger partial charge in [0.1, 0.15) is 5.75 Å². The van der Waals surface area contributed by atoms with Crippen molar-refractivity contribution in [1.82, 2.24) is 10.6 Å². The first-order valence-electron chi connectivity index (χ1n) is 6.42. The van der Waals surface area contributed by atoms with Gasteiger partial charge in [-0.3, -0.25) is 0 Å². The Balaban J connectivity index is 2.13. The van der Waals surface area contributed by atoms with E-state index in [0.717, 1.165) is 38.2 Å². The van der Waals surface area contributed by atoms with Crippen molar-refractivity contribution in [3.8, 4) is 5.75 Å². The molecule has 0 saturated carbocycles. The second-order valence-corrected chi connectivity index (χ2v) is 4.55. The molecule has 1 unspecified atom stereocenters. The van der Waals surface area contributed by atoms with E-state index < -0.39 is 0 Å². The third kappa shape index (κ3) is 2.99. The summed E-state index contributed by atoms with van der Waals surface area (Å²) >= 11 is 0. The van der Waals surface area contributed by atoms with Crippen molar-refractivity contribution < 1.29 is 4.74 Å². The van der Waals surface area contributed by atoms with E-state index in [1.807, 2.05) is 14.1 Å². The van der Waals surface area contributed by atoms with Crippen LogP contribution in [0, 0.1) is 0 Å². The van der Waals surface area contributed by atoms with Crippen LogP contribution in [0.4, 0.5) is 0 Å². The summed E-state index contributed by atoms with van der Waals surface area (Å²) < 4.78 is 5.64. The molecule has 1 aliphatic heterocycles. The SMILES string of the molecule is CNCCC(NC)c1ccc2c(c1)CCCO2. The zero-order chi connectivity index (χ0) is 12.1. The van der Waals surface area contributed by atoms with Crippen molar-refractivity contribution >= 4 is 0 Å². The molecular formula is C14H22N2O. The standard InChI is InChI=1S/C14H22N2O/c1-15-8-7-13(16-2)11-5-6-14-12(10-11)4-3-9-17-14/h5-6,10,13,15-16H,3-4,7-9H2,1-2H3. The maximum absolute atomic E-state index is 5.64. The van der Waals surface area contributed by atoms with Gasteiger partial charge in [0.25, 0.3) is 0 Å². The van der Waals surface area contributed by atoms with E-state index in [9.17, 15) is 0 Å². The minimum atomic E-state index is 0.426. The number of aryl methyl sites for hydroxylation is 1. The zero-order valence-corrected chi connectivity index (χ0v) is 10.8. The molecule has 0 aromatic heterocycles. The molecule has 1 aromatic carbocycles. The van der Waals surface area contributed by atoms with E-state index in [1.165, 1.54) is 11.1 Å². The Labute approximate surface area is 104 Å². The average molecular weight is 234 g/mol. The van der Waals surface area contributed by atoms with Gasteiger partial charge in [0.15, 0.2) is 0 Å². The molecule has 0 fully saturated rings. The molecule has 94 valence electrons. The lowest BCUT2D eigenvalue weighted by atomic mass is 9.98. The predicted octanol–water partition coefficient (Wildman–Crippen LogP) is 1.88. The summed E-state index contributed by atoms with van der Waals surface area (Å²) in [5.41, 5.74) is 2.73. The summed E-state index contributed by atoms with van der Waals surface area (Å²) in [6.45, 7) is 1.89. The average Bonchev–Trinajstić information content (AvgIpc) is 2.39. The number of hydrogen-bond donors (Lipinski definition) is 2. The van der Waals surface area contributed by atoms with E-state index in [4.69, 9.17) is 4.74 Å². The quantitative estimate of drug-likeness (QED) is 0.816. The molecular weight excluding hydrogens is 212 g/mol. The first-order valence-corrected chi connectivity index (χ1v) is 6.42. The van der Waals surface area contributed by atoms with Crippen LogP contribution in [0.1, 0.15) is 30.0 Å². The van der Waals surface area contributed by atoms with Crippen molar-refractivity contribution in [2.24, 2.45) is 0 Å². The first-order chi connectivity index (χ1) is 8.35. The highest BCUT2D eigenvalue weighted by Crippen LogP contribution is 2.28. The van der Waals surface area contributed by atoms with Gasteiger partial charge < -0.3 is 15.4 Å². The van der Waals surface area contributed by atoms with E-state index in [2.05, 4.69) is 28.8 Å². The molecule has 2 N–H and O–H groups in total. The number of hydrogen-bond acceptors (Lipinski definition) is 3. The molecule has 1 heterocycles. The molecule has 0 radical (unpaired) electrons. The predicted molar refractivity (Wildman–Crippen MR) is 70.6 cm³/mol. The monoisotopic (exact) mass is 234 g/mol. The van der Waals surface area contributed by atoms with Gasteiger partial charge in [-0.2, -0.15) is 0 Å². The van der Waals surface area contributed by atoms with Crippen molar-refractivity contribution in [2.45, 2.75) is 25.3 Å². The summed E-state index contributed by atoms with van der Waals surface area (Å²) in [6.07, 6.45) is 3.38. The maximum Gasteiger partial charge on any atom is 0.122 e. The fourth-order valence-corrected chi connectivity index (χ4v) is 2.36. The lowest BCUT2D eigenvalue weighted by molar-refractivity contribution is 0.288. The lowest BCUT2D eigenvalue weighted by Gasteiger charge is -2.21. The summed E-state index contributed by atoms with van der Waals surface area (Å²) in [6, 6.07) is 7.02. The van der Waals surface area contributed by atoms with Crippen molar-refractivity contribution in [3.05, 3.63) is 29.3 Å². The van der Waals surface area contributed by atoms with Crippen LogP contribution in [0.2, 0.25) is 0 Å². The third-order valence-corrected chi connectivity index (χ3v) is 3.37. The van der Waals surface area contributed by atoms with Gasteiger partial charge in [-0.15, -0.1) is 0 Å². The molecule has 2 rings (SSSR count). The van der Waals surface area contributed by atoms with Gasteiger partial charge in [0.2, 0.25) is 0 Å². The number of rotatable bonds is 5. The molecule has 3 heteroatoms. The van der Waals surface area contributed by atoms with Crippen molar-refractivity contribution in [1.29, 1.82) is 0 Å². The van der Waals surface area contributed by atoms with E-state index in [-0.39, 0.29) is 0 Å². The molecule has 1 aliphatic rings. The Bertz CT molecular complexity index is 365. The summed E-state index contributed by atoms with van der Waals surface area (Å²) in [7, 11) is 4.02. The minimum Gasteiger partial charge on any atom is -0.493 e. The Morgan fingerprint density at radius 3 is 3.00 bits per heavy atom. The van der Waals surface area contributed by atoms with E-state index in [1.54, 1.807) is 0 Å². The number of fused-ring (bicyclic) bond motifs is 1. The van der Waals surface area contributed by atoms with Crippen LogP contribution >= 0.6 is 0 Å². The molecule has 1 aromatic rings. The molecule has 0 aliphatic carbocycles. The largest absolute Gasteiger partial charge is 0.493 e. The number of nitrogens with one attached hydrogen (secondary N) is 2. The molecule has 0 spiro atoms. The Morgan fingerprint density at radius 2 is 2.24 bits per heavy atom. The number of ether oxygens (including phenoxy) is 1. The number of benzene rings is 1. The van der Waals surface area contributed by atoms with Crippen LogP contribution in [0.25, 0.3) is 0 Å². The van der Waals surface area contributed by atoms with Gasteiger partial charge >= 0.3 is 0 Å².